The monoisotopic (exact) mass is 430 g/mol. The van der Waals surface area contributed by atoms with Crippen molar-refractivity contribution in [1.82, 2.24) is 20.2 Å². The minimum atomic E-state index is -0.933. The Hall–Kier alpha value is -4.40. The Morgan fingerprint density at radius 3 is 2.38 bits per heavy atom. The minimum Gasteiger partial charge on any atom is -0.367 e. The quantitative estimate of drug-likeness (QED) is 0.488. The molecule has 1 heterocycles. The molecule has 0 radical (unpaired) electrons. The van der Waals surface area contributed by atoms with E-state index in [1.54, 1.807) is 36.4 Å². The van der Waals surface area contributed by atoms with Crippen LogP contribution in [0.4, 0.5) is 10.1 Å². The number of tetrazole rings is 1. The summed E-state index contributed by atoms with van der Waals surface area (Å²) in [5, 5.41) is 15.2. The Morgan fingerprint density at radius 1 is 1.00 bits per heavy atom. The number of carbonyl (C=O) groups is 2. The largest absolute Gasteiger partial charge is 0.367 e. The van der Waals surface area contributed by atoms with Gasteiger partial charge in [-0.05, 0) is 54.1 Å². The van der Waals surface area contributed by atoms with Gasteiger partial charge in [0.25, 0.3) is 5.91 Å². The molecule has 0 aliphatic carbocycles. The number of benzene rings is 3. The molecule has 1 unspecified atom stereocenters. The number of para-hydroxylation sites is 1. The van der Waals surface area contributed by atoms with Crippen molar-refractivity contribution < 1.29 is 14.0 Å². The molecule has 4 aromatic rings. The number of rotatable bonds is 6. The molecule has 9 heteroatoms. The van der Waals surface area contributed by atoms with Crippen molar-refractivity contribution >= 4 is 17.5 Å². The maximum atomic E-state index is 13.1. The smallest absolute Gasteiger partial charge is 0.255 e. The average Bonchev–Trinajstić information content (AvgIpc) is 3.25. The summed E-state index contributed by atoms with van der Waals surface area (Å²) in [4.78, 5) is 25.9. The van der Waals surface area contributed by atoms with Crippen LogP contribution in [-0.4, -0.2) is 32.0 Å². The number of anilines is 1. The molecule has 8 nitrogen and oxygen atoms in total. The number of aryl methyl sites for hydroxylation is 1. The molecule has 0 spiro atoms. The standard InChI is InChI=1S/C23H19FN6O2/c1-14-6-8-15(9-7-14)20(21(25)31)30-28-22(27-29-30)18-4-2-3-5-19(18)26-23(32)16-10-12-17(24)13-11-16/h2-13,20H,1H3,(H2,25,31)(H,26,32). The first kappa shape index (κ1) is 20.9. The summed E-state index contributed by atoms with van der Waals surface area (Å²) in [7, 11) is 0. The zero-order chi connectivity index (χ0) is 22.7. The number of nitrogens with one attached hydrogen (secondary N) is 1. The first-order chi connectivity index (χ1) is 15.4. The molecule has 2 amide bonds. The van der Waals surface area contributed by atoms with Crippen molar-refractivity contribution in [2.24, 2.45) is 5.73 Å². The van der Waals surface area contributed by atoms with Crippen LogP contribution >= 0.6 is 0 Å². The van der Waals surface area contributed by atoms with E-state index in [9.17, 15) is 14.0 Å². The predicted octanol–water partition coefficient (Wildman–Crippen LogP) is 3.11. The Balaban J connectivity index is 1.64. The summed E-state index contributed by atoms with van der Waals surface area (Å²) in [6, 6.07) is 18.5. The van der Waals surface area contributed by atoms with Gasteiger partial charge in [-0.3, -0.25) is 9.59 Å². The van der Waals surface area contributed by atoms with Crippen molar-refractivity contribution in [3.63, 3.8) is 0 Å². The third-order valence-electron chi connectivity index (χ3n) is 4.84. The molecule has 160 valence electrons. The molecule has 0 saturated carbocycles. The first-order valence-electron chi connectivity index (χ1n) is 9.74. The van der Waals surface area contributed by atoms with Crippen LogP contribution in [-0.2, 0) is 4.79 Å². The van der Waals surface area contributed by atoms with Crippen LogP contribution in [0, 0.1) is 12.7 Å². The number of carbonyl (C=O) groups excluding carboxylic acids is 2. The molecule has 0 saturated heterocycles. The number of hydrogen-bond acceptors (Lipinski definition) is 5. The topological polar surface area (TPSA) is 116 Å². The number of nitrogens with zero attached hydrogens (tertiary/aromatic N) is 4. The number of primary amides is 1. The Kier molecular flexibility index (Phi) is 5.71. The van der Waals surface area contributed by atoms with Crippen LogP contribution in [0.2, 0.25) is 0 Å². The normalized spacial score (nSPS) is 11.7. The van der Waals surface area contributed by atoms with E-state index in [4.69, 9.17) is 5.73 Å². The van der Waals surface area contributed by atoms with E-state index < -0.39 is 23.7 Å². The fourth-order valence-electron chi connectivity index (χ4n) is 3.19. The summed E-state index contributed by atoms with van der Waals surface area (Å²) < 4.78 is 13.1. The van der Waals surface area contributed by atoms with Gasteiger partial charge >= 0.3 is 0 Å². The lowest BCUT2D eigenvalue weighted by molar-refractivity contribution is -0.120. The van der Waals surface area contributed by atoms with E-state index in [1.165, 1.54) is 24.3 Å². The van der Waals surface area contributed by atoms with Crippen LogP contribution < -0.4 is 11.1 Å². The number of amides is 2. The second-order valence-electron chi connectivity index (χ2n) is 7.16. The second kappa shape index (κ2) is 8.76. The van der Waals surface area contributed by atoms with E-state index >= 15 is 0 Å². The van der Waals surface area contributed by atoms with E-state index in [-0.39, 0.29) is 5.82 Å². The van der Waals surface area contributed by atoms with Gasteiger partial charge in [0.1, 0.15) is 5.82 Å². The SMILES string of the molecule is Cc1ccc(C(C(N)=O)n2nnc(-c3ccccc3NC(=O)c3ccc(F)cc3)n2)cc1. The van der Waals surface area contributed by atoms with Crippen molar-refractivity contribution in [2.75, 3.05) is 5.32 Å². The van der Waals surface area contributed by atoms with Crippen molar-refractivity contribution in [1.29, 1.82) is 0 Å². The highest BCUT2D eigenvalue weighted by atomic mass is 19.1. The number of hydrogen-bond donors (Lipinski definition) is 2. The van der Waals surface area contributed by atoms with E-state index in [2.05, 4.69) is 20.7 Å². The van der Waals surface area contributed by atoms with Crippen LogP contribution in [0.15, 0.2) is 72.8 Å². The Labute approximate surface area is 182 Å². The van der Waals surface area contributed by atoms with Gasteiger partial charge in [-0.15, -0.1) is 15.0 Å². The highest BCUT2D eigenvalue weighted by molar-refractivity contribution is 6.06. The molecule has 0 bridgehead atoms. The van der Waals surface area contributed by atoms with Crippen LogP contribution in [0.25, 0.3) is 11.4 Å². The van der Waals surface area contributed by atoms with Crippen LogP contribution in [0.3, 0.4) is 0 Å². The molecule has 0 aliphatic rings. The summed E-state index contributed by atoms with van der Waals surface area (Å²) in [5.74, 6) is -1.27. The van der Waals surface area contributed by atoms with E-state index in [0.29, 0.717) is 22.4 Å². The molecular formula is C23H19FN6O2. The number of aromatic nitrogens is 4. The summed E-state index contributed by atoms with van der Waals surface area (Å²) in [6.07, 6.45) is 0. The van der Waals surface area contributed by atoms with Gasteiger partial charge in [0.05, 0.1) is 5.69 Å². The summed E-state index contributed by atoms with van der Waals surface area (Å²) >= 11 is 0. The Bertz CT molecular complexity index is 1270. The Morgan fingerprint density at radius 2 is 1.69 bits per heavy atom. The molecule has 3 aromatic carbocycles. The van der Waals surface area contributed by atoms with Crippen molar-refractivity contribution in [3.8, 4) is 11.4 Å². The lowest BCUT2D eigenvalue weighted by Crippen LogP contribution is -2.29. The fraction of sp³-hybridized carbons (Fsp3) is 0.0870. The summed E-state index contributed by atoms with van der Waals surface area (Å²) in [5.41, 5.74) is 8.51. The highest BCUT2D eigenvalue weighted by Crippen LogP contribution is 2.26. The zero-order valence-corrected chi connectivity index (χ0v) is 17.1. The van der Waals surface area contributed by atoms with Gasteiger partial charge in [0.2, 0.25) is 11.7 Å². The maximum absolute atomic E-state index is 13.1. The van der Waals surface area contributed by atoms with Crippen molar-refractivity contribution in [3.05, 3.63) is 95.3 Å². The van der Waals surface area contributed by atoms with Gasteiger partial charge in [-0.1, -0.05) is 42.0 Å². The van der Waals surface area contributed by atoms with Gasteiger partial charge < -0.3 is 11.1 Å². The first-order valence-corrected chi connectivity index (χ1v) is 9.74. The van der Waals surface area contributed by atoms with E-state index in [1.807, 2.05) is 19.1 Å². The predicted molar refractivity (Wildman–Crippen MR) is 116 cm³/mol. The molecule has 1 atom stereocenters. The fourth-order valence-corrected chi connectivity index (χ4v) is 3.19. The van der Waals surface area contributed by atoms with Gasteiger partial charge in [-0.25, -0.2) is 4.39 Å². The van der Waals surface area contributed by atoms with Gasteiger partial charge in [0, 0.05) is 11.1 Å². The average molecular weight is 430 g/mol. The van der Waals surface area contributed by atoms with Crippen LogP contribution in [0.1, 0.15) is 27.5 Å². The lowest BCUT2D eigenvalue weighted by atomic mass is 10.1. The maximum Gasteiger partial charge on any atom is 0.255 e. The zero-order valence-electron chi connectivity index (χ0n) is 17.1. The molecule has 0 aliphatic heterocycles. The molecule has 4 rings (SSSR count). The third-order valence-corrected chi connectivity index (χ3v) is 4.84. The third kappa shape index (κ3) is 4.36. The molecule has 0 fully saturated rings. The molecular weight excluding hydrogens is 411 g/mol. The molecule has 3 N–H and O–H groups in total. The lowest BCUT2D eigenvalue weighted by Gasteiger charge is -2.12. The molecule has 32 heavy (non-hydrogen) atoms. The van der Waals surface area contributed by atoms with Gasteiger partial charge in [-0.2, -0.15) is 0 Å². The number of nitrogens with two attached hydrogens (primary N) is 1. The van der Waals surface area contributed by atoms with E-state index in [0.717, 1.165) is 10.4 Å². The van der Waals surface area contributed by atoms with Crippen LogP contribution in [0.5, 0.6) is 0 Å². The molecule has 1 aromatic heterocycles. The summed E-state index contributed by atoms with van der Waals surface area (Å²) in [6.45, 7) is 1.94. The van der Waals surface area contributed by atoms with Crippen molar-refractivity contribution in [2.45, 2.75) is 13.0 Å². The second-order valence-corrected chi connectivity index (χ2v) is 7.16. The number of halogens is 1. The van der Waals surface area contributed by atoms with Gasteiger partial charge in [0.15, 0.2) is 6.04 Å². The minimum absolute atomic E-state index is 0.207. The highest BCUT2D eigenvalue weighted by Gasteiger charge is 2.24.